The number of halogens is 2. The van der Waals surface area contributed by atoms with E-state index in [9.17, 15) is 18.7 Å². The number of ether oxygens (including phenoxy) is 1. The molecule has 5 heteroatoms. The Labute approximate surface area is 114 Å². The van der Waals surface area contributed by atoms with Crippen molar-refractivity contribution in [2.45, 2.75) is 5.92 Å². The second-order valence-corrected chi connectivity index (χ2v) is 4.19. The van der Waals surface area contributed by atoms with Crippen LogP contribution in [0.1, 0.15) is 5.56 Å². The van der Waals surface area contributed by atoms with Crippen LogP contribution in [0.15, 0.2) is 48.5 Å². The Morgan fingerprint density at radius 1 is 1.00 bits per heavy atom. The summed E-state index contributed by atoms with van der Waals surface area (Å²) in [5.74, 6) is -5.13. The molecule has 0 aromatic heterocycles. The van der Waals surface area contributed by atoms with Crippen LogP contribution < -0.4 is 0 Å². The lowest BCUT2D eigenvalue weighted by Crippen LogP contribution is -2.27. The molecule has 0 radical (unpaired) electrons. The van der Waals surface area contributed by atoms with Crippen LogP contribution >= 0.6 is 0 Å². The average molecular weight is 278 g/mol. The molecule has 0 fully saturated rings. The van der Waals surface area contributed by atoms with Crippen molar-refractivity contribution >= 4 is 5.97 Å². The molecule has 20 heavy (non-hydrogen) atoms. The molecular formula is C15H12F2O3. The van der Waals surface area contributed by atoms with Gasteiger partial charge >= 0.3 is 11.9 Å². The molecule has 0 amide bonds. The van der Waals surface area contributed by atoms with Gasteiger partial charge < -0.3 is 9.84 Å². The van der Waals surface area contributed by atoms with Crippen LogP contribution in [-0.2, 0) is 15.5 Å². The van der Waals surface area contributed by atoms with E-state index in [0.717, 1.165) is 12.7 Å². The maximum absolute atomic E-state index is 13.6. The van der Waals surface area contributed by atoms with Crippen molar-refractivity contribution in [2.24, 2.45) is 0 Å². The first-order valence-electron chi connectivity index (χ1n) is 5.81. The minimum absolute atomic E-state index is 0.127. The van der Waals surface area contributed by atoms with Gasteiger partial charge in [-0.1, -0.05) is 36.4 Å². The first kappa shape index (κ1) is 14.0. The third-order valence-electron chi connectivity index (χ3n) is 2.89. The summed E-state index contributed by atoms with van der Waals surface area (Å²) in [7, 11) is 0.918. The van der Waals surface area contributed by atoms with Crippen molar-refractivity contribution < 1.29 is 23.4 Å². The Bertz CT molecular complexity index is 604. The summed E-state index contributed by atoms with van der Waals surface area (Å²) in [6.45, 7) is 0. The Balaban J connectivity index is 2.31. The Morgan fingerprint density at radius 2 is 1.45 bits per heavy atom. The molecule has 0 aliphatic rings. The molecule has 3 nitrogen and oxygen atoms in total. The lowest BCUT2D eigenvalue weighted by molar-refractivity contribution is -0.170. The third-order valence-corrected chi connectivity index (χ3v) is 2.89. The smallest absolute Gasteiger partial charge is 0.381 e. The van der Waals surface area contributed by atoms with Gasteiger partial charge in [0.1, 0.15) is 5.75 Å². The number of hydrogen-bond donors (Lipinski definition) is 1. The monoisotopic (exact) mass is 278 g/mol. The molecular weight excluding hydrogens is 266 g/mol. The fraction of sp³-hybridized carbons (Fsp3) is 0.133. The number of rotatable bonds is 3. The summed E-state index contributed by atoms with van der Waals surface area (Å²) >= 11 is 0. The number of phenols is 1. The average Bonchev–Trinajstić information content (AvgIpc) is 2.47. The summed E-state index contributed by atoms with van der Waals surface area (Å²) in [6, 6.07) is 11.7. The Hall–Kier alpha value is -2.43. The van der Waals surface area contributed by atoms with E-state index in [0.29, 0.717) is 5.56 Å². The molecule has 0 unspecified atom stereocenters. The number of alkyl halides is 2. The number of carbonyl (C=O) groups is 1. The van der Waals surface area contributed by atoms with Gasteiger partial charge in [-0.2, -0.15) is 8.78 Å². The van der Waals surface area contributed by atoms with Crippen LogP contribution in [0.5, 0.6) is 5.75 Å². The molecule has 0 spiro atoms. The van der Waals surface area contributed by atoms with E-state index >= 15 is 0 Å². The summed E-state index contributed by atoms with van der Waals surface area (Å²) in [5.41, 5.74) is 1.05. The number of benzene rings is 2. The highest BCUT2D eigenvalue weighted by Crippen LogP contribution is 2.31. The van der Waals surface area contributed by atoms with Gasteiger partial charge in [0.05, 0.1) is 7.11 Å². The molecule has 2 aromatic rings. The molecule has 0 aliphatic heterocycles. The van der Waals surface area contributed by atoms with Crippen molar-refractivity contribution in [3.63, 3.8) is 0 Å². The van der Waals surface area contributed by atoms with Crippen LogP contribution in [0.25, 0.3) is 11.1 Å². The molecule has 0 atom stereocenters. The van der Waals surface area contributed by atoms with Gasteiger partial charge in [-0.15, -0.1) is 0 Å². The fourth-order valence-electron chi connectivity index (χ4n) is 1.77. The number of methoxy groups -OCH3 is 1. The minimum atomic E-state index is -3.66. The van der Waals surface area contributed by atoms with E-state index in [4.69, 9.17) is 0 Å². The van der Waals surface area contributed by atoms with E-state index in [2.05, 4.69) is 4.74 Å². The topological polar surface area (TPSA) is 46.5 Å². The van der Waals surface area contributed by atoms with Gasteiger partial charge in [-0.25, -0.2) is 4.79 Å². The Kier molecular flexibility index (Phi) is 3.70. The van der Waals surface area contributed by atoms with Crippen molar-refractivity contribution in [3.8, 4) is 16.9 Å². The van der Waals surface area contributed by atoms with E-state index in [1.807, 2.05) is 0 Å². The fourth-order valence-corrected chi connectivity index (χ4v) is 1.77. The van der Waals surface area contributed by atoms with Crippen molar-refractivity contribution in [3.05, 3.63) is 54.1 Å². The van der Waals surface area contributed by atoms with Crippen LogP contribution in [0.3, 0.4) is 0 Å². The molecule has 0 bridgehead atoms. The maximum Gasteiger partial charge on any atom is 0.381 e. The summed E-state index contributed by atoms with van der Waals surface area (Å²) in [4.78, 5) is 11.0. The molecule has 0 aliphatic carbocycles. The van der Waals surface area contributed by atoms with Crippen molar-refractivity contribution in [1.82, 2.24) is 0 Å². The van der Waals surface area contributed by atoms with Gasteiger partial charge in [0.25, 0.3) is 0 Å². The number of esters is 1. The predicted octanol–water partition coefficient (Wildman–Crippen LogP) is 3.32. The lowest BCUT2D eigenvalue weighted by Gasteiger charge is -2.14. The SMILES string of the molecule is COC(=O)C(F)(F)c1ccc(-c2ccc(O)cc2)cc1. The number of carbonyl (C=O) groups excluding carboxylic acids is 1. The second kappa shape index (κ2) is 5.28. The molecule has 1 N–H and O–H groups in total. The van der Waals surface area contributed by atoms with Gasteiger partial charge in [0.2, 0.25) is 0 Å². The highest BCUT2D eigenvalue weighted by atomic mass is 19.3. The molecule has 0 saturated carbocycles. The number of phenolic OH excluding ortho intramolecular Hbond substituents is 1. The summed E-state index contributed by atoms with van der Waals surface area (Å²) < 4.78 is 31.3. The highest BCUT2D eigenvalue weighted by Gasteiger charge is 2.42. The second-order valence-electron chi connectivity index (χ2n) is 4.19. The molecule has 2 aromatic carbocycles. The lowest BCUT2D eigenvalue weighted by atomic mass is 10.0. The molecule has 0 saturated heterocycles. The quantitative estimate of drug-likeness (QED) is 0.876. The highest BCUT2D eigenvalue weighted by molar-refractivity contribution is 5.79. The largest absolute Gasteiger partial charge is 0.508 e. The van der Waals surface area contributed by atoms with E-state index in [1.165, 1.54) is 36.4 Å². The van der Waals surface area contributed by atoms with E-state index in [1.54, 1.807) is 12.1 Å². The zero-order chi connectivity index (χ0) is 14.8. The van der Waals surface area contributed by atoms with Crippen LogP contribution in [-0.4, -0.2) is 18.2 Å². The maximum atomic E-state index is 13.6. The summed E-state index contributed by atoms with van der Waals surface area (Å²) in [6.07, 6.45) is 0. The zero-order valence-electron chi connectivity index (χ0n) is 10.6. The van der Waals surface area contributed by atoms with Gasteiger partial charge in [0.15, 0.2) is 0 Å². The van der Waals surface area contributed by atoms with Crippen molar-refractivity contribution in [2.75, 3.05) is 7.11 Å². The predicted molar refractivity (Wildman–Crippen MR) is 69.5 cm³/mol. The van der Waals surface area contributed by atoms with Gasteiger partial charge in [-0.3, -0.25) is 0 Å². The number of hydrogen-bond acceptors (Lipinski definition) is 3. The number of aromatic hydroxyl groups is 1. The first-order chi connectivity index (χ1) is 9.45. The van der Waals surface area contributed by atoms with Crippen LogP contribution in [0.4, 0.5) is 8.78 Å². The molecule has 2 rings (SSSR count). The van der Waals surface area contributed by atoms with Crippen LogP contribution in [0, 0.1) is 0 Å². The standard InChI is InChI=1S/C15H12F2O3/c1-20-14(19)15(16,17)12-6-2-10(3-7-12)11-4-8-13(18)9-5-11/h2-9,18H,1H3. The minimum Gasteiger partial charge on any atom is -0.508 e. The zero-order valence-corrected chi connectivity index (χ0v) is 10.6. The first-order valence-corrected chi connectivity index (χ1v) is 5.81. The third kappa shape index (κ3) is 2.61. The molecule has 0 heterocycles. The molecule has 104 valence electrons. The Morgan fingerprint density at radius 3 is 1.90 bits per heavy atom. The van der Waals surface area contributed by atoms with Crippen molar-refractivity contribution in [1.29, 1.82) is 0 Å². The summed E-state index contributed by atoms with van der Waals surface area (Å²) in [5, 5.41) is 9.19. The van der Waals surface area contributed by atoms with Crippen LogP contribution in [0.2, 0.25) is 0 Å². The van der Waals surface area contributed by atoms with E-state index < -0.39 is 17.5 Å². The van der Waals surface area contributed by atoms with Gasteiger partial charge in [0, 0.05) is 5.56 Å². The van der Waals surface area contributed by atoms with E-state index in [-0.39, 0.29) is 5.75 Å². The normalized spacial score (nSPS) is 11.2. The van der Waals surface area contributed by atoms with Gasteiger partial charge in [-0.05, 0) is 23.3 Å².